The van der Waals surface area contributed by atoms with E-state index in [2.05, 4.69) is 72.0 Å². The molecule has 2 N–H and O–H groups in total. The average Bonchev–Trinajstić information content (AvgIpc) is 2.83. The van der Waals surface area contributed by atoms with Crippen molar-refractivity contribution < 1.29 is 9.84 Å². The largest absolute Gasteiger partial charge is 0.508 e. The molecule has 0 saturated carbocycles. The second kappa shape index (κ2) is 8.93. The van der Waals surface area contributed by atoms with E-state index in [9.17, 15) is 5.11 Å². The lowest BCUT2D eigenvalue weighted by atomic mass is 9.86. The maximum Gasteiger partial charge on any atom is 0.116 e. The van der Waals surface area contributed by atoms with Crippen LogP contribution >= 0.6 is 0 Å². The number of piperidine rings is 1. The van der Waals surface area contributed by atoms with Crippen molar-refractivity contribution in [2.45, 2.75) is 25.0 Å². The predicted octanol–water partition coefficient (Wildman–Crippen LogP) is 5.87. The number of hydrogen-bond acceptors (Lipinski definition) is 3. The highest BCUT2D eigenvalue weighted by Crippen LogP contribution is 2.32. The highest BCUT2D eigenvalue weighted by atomic mass is 16.5. The number of rotatable bonds is 5. The Morgan fingerprint density at radius 3 is 2.48 bits per heavy atom. The third-order valence-electron chi connectivity index (χ3n) is 6.20. The zero-order chi connectivity index (χ0) is 21.0. The van der Waals surface area contributed by atoms with Crippen LogP contribution in [0.5, 0.6) is 5.75 Å². The molecule has 0 unspecified atom stereocenters. The van der Waals surface area contributed by atoms with Gasteiger partial charge < -0.3 is 15.2 Å². The molecule has 3 heteroatoms. The first kappa shape index (κ1) is 19.8. The van der Waals surface area contributed by atoms with Crippen LogP contribution in [0.3, 0.4) is 0 Å². The molecule has 4 aromatic carbocycles. The van der Waals surface area contributed by atoms with E-state index in [0.29, 0.717) is 18.3 Å². The monoisotopic (exact) mass is 409 g/mol. The fourth-order valence-electron chi connectivity index (χ4n) is 4.55. The summed E-state index contributed by atoms with van der Waals surface area (Å²) in [4.78, 5) is 0. The Morgan fingerprint density at radius 2 is 1.61 bits per heavy atom. The third kappa shape index (κ3) is 4.48. The number of aromatic hydroxyl groups is 1. The van der Waals surface area contributed by atoms with Gasteiger partial charge in [0.25, 0.3) is 0 Å². The highest BCUT2D eigenvalue weighted by molar-refractivity contribution is 5.82. The van der Waals surface area contributed by atoms with Gasteiger partial charge in [-0.15, -0.1) is 0 Å². The first-order valence-corrected chi connectivity index (χ1v) is 11.0. The molecule has 5 rings (SSSR count). The minimum absolute atomic E-state index is 0.125. The van der Waals surface area contributed by atoms with Gasteiger partial charge in [0.05, 0.1) is 12.7 Å². The quantitative estimate of drug-likeness (QED) is 0.433. The van der Waals surface area contributed by atoms with Crippen molar-refractivity contribution in [1.29, 1.82) is 0 Å². The molecule has 0 radical (unpaired) electrons. The van der Waals surface area contributed by atoms with Crippen LogP contribution in [0.4, 0.5) is 0 Å². The van der Waals surface area contributed by atoms with Crippen molar-refractivity contribution in [2.24, 2.45) is 0 Å². The smallest absolute Gasteiger partial charge is 0.116 e. The molecule has 156 valence electrons. The van der Waals surface area contributed by atoms with E-state index in [1.165, 1.54) is 21.9 Å². The molecule has 1 aliphatic heterocycles. The van der Waals surface area contributed by atoms with E-state index in [-0.39, 0.29) is 6.10 Å². The molecule has 2 atom stereocenters. The van der Waals surface area contributed by atoms with Crippen molar-refractivity contribution in [3.8, 4) is 16.9 Å². The van der Waals surface area contributed by atoms with Gasteiger partial charge in [-0.25, -0.2) is 0 Å². The summed E-state index contributed by atoms with van der Waals surface area (Å²) in [5.41, 5.74) is 4.66. The van der Waals surface area contributed by atoms with Crippen molar-refractivity contribution in [2.75, 3.05) is 13.1 Å². The number of ether oxygens (including phenoxy) is 1. The minimum Gasteiger partial charge on any atom is -0.508 e. The lowest BCUT2D eigenvalue weighted by Crippen LogP contribution is -2.41. The van der Waals surface area contributed by atoms with Crippen LogP contribution in [0.2, 0.25) is 0 Å². The number of nitrogens with one attached hydrogen (secondary N) is 1. The molecule has 31 heavy (non-hydrogen) atoms. The number of benzene rings is 4. The Morgan fingerprint density at radius 1 is 0.806 bits per heavy atom. The zero-order valence-electron chi connectivity index (χ0n) is 17.5. The Bertz CT molecular complexity index is 1190. The Labute approximate surface area is 183 Å². The van der Waals surface area contributed by atoms with Crippen molar-refractivity contribution >= 4 is 10.8 Å². The highest BCUT2D eigenvalue weighted by Gasteiger charge is 2.27. The Hall–Kier alpha value is -3.14. The van der Waals surface area contributed by atoms with Crippen LogP contribution in [-0.2, 0) is 11.3 Å². The van der Waals surface area contributed by atoms with E-state index in [4.69, 9.17) is 4.74 Å². The van der Waals surface area contributed by atoms with Gasteiger partial charge in [-0.3, -0.25) is 0 Å². The fourth-order valence-corrected chi connectivity index (χ4v) is 4.55. The second-order valence-corrected chi connectivity index (χ2v) is 8.31. The number of fused-ring (bicyclic) bond motifs is 1. The number of hydrogen-bond donors (Lipinski definition) is 2. The van der Waals surface area contributed by atoms with Crippen LogP contribution in [0.1, 0.15) is 23.5 Å². The van der Waals surface area contributed by atoms with Crippen LogP contribution in [0.15, 0.2) is 91.0 Å². The van der Waals surface area contributed by atoms with E-state index >= 15 is 0 Å². The standard InChI is InChI=1S/C28H27NO2/c30-26-10-4-8-24(17-26)23-7-3-9-25(16-23)27-13-14-29-18-28(27)31-19-20-11-12-21-5-1-2-6-22(21)15-20/h1-12,15-17,27-30H,13-14,18-19H2/t27-,28+/m1/s1. The summed E-state index contributed by atoms with van der Waals surface area (Å²) in [5, 5.41) is 15.9. The summed E-state index contributed by atoms with van der Waals surface area (Å²) < 4.78 is 6.45. The first-order valence-electron chi connectivity index (χ1n) is 11.0. The molecule has 4 aromatic rings. The van der Waals surface area contributed by atoms with Crippen LogP contribution in [0.25, 0.3) is 21.9 Å². The van der Waals surface area contributed by atoms with Gasteiger partial charge >= 0.3 is 0 Å². The van der Waals surface area contributed by atoms with Crippen molar-refractivity contribution in [1.82, 2.24) is 5.32 Å². The summed E-state index contributed by atoms with van der Waals surface area (Å²) >= 11 is 0. The van der Waals surface area contributed by atoms with Crippen molar-refractivity contribution in [3.63, 3.8) is 0 Å². The molecule has 1 fully saturated rings. The summed E-state index contributed by atoms with van der Waals surface area (Å²) in [6.07, 6.45) is 1.17. The molecule has 1 saturated heterocycles. The zero-order valence-corrected chi connectivity index (χ0v) is 17.5. The minimum atomic E-state index is 0.125. The third-order valence-corrected chi connectivity index (χ3v) is 6.20. The average molecular weight is 410 g/mol. The Balaban J connectivity index is 1.35. The molecule has 3 nitrogen and oxygen atoms in total. The molecular formula is C28H27NO2. The predicted molar refractivity (Wildman–Crippen MR) is 126 cm³/mol. The topological polar surface area (TPSA) is 41.5 Å². The summed E-state index contributed by atoms with van der Waals surface area (Å²) in [6.45, 7) is 2.46. The van der Waals surface area contributed by atoms with E-state index in [1.54, 1.807) is 6.07 Å². The van der Waals surface area contributed by atoms with Gasteiger partial charge in [0.1, 0.15) is 5.75 Å². The number of phenols is 1. The normalized spacial score (nSPS) is 18.8. The SMILES string of the molecule is Oc1cccc(-c2cccc([C@H]3CCNC[C@@H]3OCc3ccc4ccccc4c3)c2)c1. The van der Waals surface area contributed by atoms with E-state index < -0.39 is 0 Å². The summed E-state index contributed by atoms with van der Waals surface area (Å²) in [7, 11) is 0. The molecule has 1 aliphatic rings. The molecular weight excluding hydrogens is 382 g/mol. The number of phenolic OH excluding ortho intramolecular Hbond substituents is 1. The molecule has 1 heterocycles. The molecule has 0 aromatic heterocycles. The van der Waals surface area contributed by atoms with Crippen molar-refractivity contribution in [3.05, 3.63) is 102 Å². The van der Waals surface area contributed by atoms with Gasteiger partial charge in [0.15, 0.2) is 0 Å². The molecule has 0 amide bonds. The maximum absolute atomic E-state index is 9.85. The van der Waals surface area contributed by atoms with E-state index in [0.717, 1.165) is 30.6 Å². The van der Waals surface area contributed by atoms with E-state index in [1.807, 2.05) is 18.2 Å². The van der Waals surface area contributed by atoms with Crippen LogP contribution in [0, 0.1) is 0 Å². The van der Waals surface area contributed by atoms with Crippen LogP contribution in [-0.4, -0.2) is 24.3 Å². The van der Waals surface area contributed by atoms with Gasteiger partial charge in [0, 0.05) is 12.5 Å². The van der Waals surface area contributed by atoms with Gasteiger partial charge in [-0.1, -0.05) is 72.8 Å². The van der Waals surface area contributed by atoms with Gasteiger partial charge in [-0.05, 0) is 64.2 Å². The van der Waals surface area contributed by atoms with Crippen LogP contribution < -0.4 is 5.32 Å². The molecule has 0 aliphatic carbocycles. The Kier molecular flexibility index (Phi) is 5.70. The first-order chi connectivity index (χ1) is 15.3. The summed E-state index contributed by atoms with van der Waals surface area (Å²) in [6, 6.07) is 31.1. The second-order valence-electron chi connectivity index (χ2n) is 8.31. The molecule has 0 spiro atoms. The lowest BCUT2D eigenvalue weighted by molar-refractivity contribution is 0.0107. The van der Waals surface area contributed by atoms with Gasteiger partial charge in [0.2, 0.25) is 0 Å². The molecule has 0 bridgehead atoms. The lowest BCUT2D eigenvalue weighted by Gasteiger charge is -2.33. The maximum atomic E-state index is 9.85. The fraction of sp³-hybridized carbons (Fsp3) is 0.214. The summed E-state index contributed by atoms with van der Waals surface area (Å²) in [5.74, 6) is 0.639. The van der Waals surface area contributed by atoms with Gasteiger partial charge in [-0.2, -0.15) is 0 Å².